The zero-order valence-corrected chi connectivity index (χ0v) is 24.4. The lowest BCUT2D eigenvalue weighted by Crippen LogP contribution is -2.25. The molecule has 210 valence electrons. The van der Waals surface area contributed by atoms with E-state index < -0.39 is 0 Å². The molecule has 0 radical (unpaired) electrons. The predicted molar refractivity (Wildman–Crippen MR) is 185 cm³/mol. The van der Waals surface area contributed by atoms with Crippen LogP contribution in [0.2, 0.25) is 0 Å². The number of furan rings is 1. The molecular formula is C43H27NO. The molecule has 2 nitrogen and oxygen atoms in total. The molecule has 0 fully saturated rings. The Morgan fingerprint density at radius 3 is 1.73 bits per heavy atom. The van der Waals surface area contributed by atoms with Gasteiger partial charge in [0.15, 0.2) is 5.58 Å². The molecule has 1 heterocycles. The third kappa shape index (κ3) is 3.18. The van der Waals surface area contributed by atoms with E-state index in [2.05, 4.69) is 163 Å². The molecule has 10 rings (SSSR count). The summed E-state index contributed by atoms with van der Waals surface area (Å²) in [6, 6.07) is 56.9. The molecule has 2 aliphatic rings. The topological polar surface area (TPSA) is 25.2 Å². The van der Waals surface area contributed by atoms with Crippen molar-refractivity contribution in [2.24, 2.45) is 0 Å². The second kappa shape index (κ2) is 9.07. The van der Waals surface area contributed by atoms with Gasteiger partial charge in [-0.25, -0.2) is 0 Å². The zero-order valence-electron chi connectivity index (χ0n) is 24.4. The van der Waals surface area contributed by atoms with Crippen molar-refractivity contribution in [1.29, 1.82) is 0 Å². The van der Waals surface area contributed by atoms with Crippen LogP contribution >= 0.6 is 0 Å². The minimum absolute atomic E-state index is 0.368. The molecular weight excluding hydrogens is 546 g/mol. The number of rotatable bonds is 3. The Labute approximate surface area is 261 Å². The Bertz CT molecular complexity index is 2420. The van der Waals surface area contributed by atoms with E-state index in [0.717, 1.165) is 33.3 Å². The third-order valence-electron chi connectivity index (χ3n) is 9.90. The van der Waals surface area contributed by atoms with Crippen LogP contribution in [0.5, 0.6) is 0 Å². The van der Waals surface area contributed by atoms with Crippen molar-refractivity contribution in [3.05, 3.63) is 180 Å². The monoisotopic (exact) mass is 573 g/mol. The van der Waals surface area contributed by atoms with Gasteiger partial charge in [0.05, 0.1) is 11.1 Å². The quantitative estimate of drug-likeness (QED) is 0.227. The highest BCUT2D eigenvalue weighted by molar-refractivity contribution is 6.15. The summed E-state index contributed by atoms with van der Waals surface area (Å²) < 4.78 is 6.63. The zero-order chi connectivity index (χ0) is 29.5. The average Bonchev–Trinajstić information content (AvgIpc) is 3.74. The minimum Gasteiger partial charge on any atom is -0.454 e. The molecule has 8 aromatic rings. The highest BCUT2D eigenvalue weighted by Gasteiger charge is 2.51. The molecule has 1 N–H and O–H groups in total. The second-order valence-corrected chi connectivity index (χ2v) is 12.1. The van der Waals surface area contributed by atoms with Gasteiger partial charge in [-0.3, -0.25) is 0 Å². The van der Waals surface area contributed by atoms with Gasteiger partial charge in [0.1, 0.15) is 5.58 Å². The molecule has 0 unspecified atom stereocenters. The normalized spacial score (nSPS) is 13.5. The number of anilines is 2. The summed E-state index contributed by atoms with van der Waals surface area (Å²) in [7, 11) is 0. The molecule has 2 heteroatoms. The summed E-state index contributed by atoms with van der Waals surface area (Å²) in [4.78, 5) is 0. The van der Waals surface area contributed by atoms with Crippen LogP contribution in [0.1, 0.15) is 22.3 Å². The number of hydrogen-bond acceptors (Lipinski definition) is 2. The Kier molecular flexibility index (Phi) is 4.95. The standard InChI is InChI=1S/C43H27NO/c1-2-13-27(14-3-1)28-18-11-26-39-40(28)32-19-10-25-38(42(32)45-39)44-37-24-12-23-36-41(37)31-17-6-9-22-35(31)43(36)33-20-7-4-15-29(33)30-16-5-8-21-34(30)43/h1-26,44H. The first kappa shape index (κ1) is 24.6. The van der Waals surface area contributed by atoms with Crippen LogP contribution in [-0.2, 0) is 5.41 Å². The van der Waals surface area contributed by atoms with Crippen molar-refractivity contribution in [3.8, 4) is 33.4 Å². The minimum atomic E-state index is -0.368. The van der Waals surface area contributed by atoms with E-state index in [1.54, 1.807) is 0 Å². The highest BCUT2D eigenvalue weighted by atomic mass is 16.3. The van der Waals surface area contributed by atoms with E-state index in [0.29, 0.717) is 0 Å². The van der Waals surface area contributed by atoms with Crippen LogP contribution < -0.4 is 5.32 Å². The van der Waals surface area contributed by atoms with E-state index in [1.807, 2.05) is 0 Å². The molecule has 7 aromatic carbocycles. The van der Waals surface area contributed by atoms with Crippen molar-refractivity contribution in [3.63, 3.8) is 0 Å². The van der Waals surface area contributed by atoms with Gasteiger partial charge in [-0.05, 0) is 68.3 Å². The summed E-state index contributed by atoms with van der Waals surface area (Å²) in [5, 5.41) is 6.12. The van der Waals surface area contributed by atoms with Gasteiger partial charge in [-0.1, -0.05) is 140 Å². The largest absolute Gasteiger partial charge is 0.454 e. The molecule has 0 atom stereocenters. The molecule has 1 spiro atoms. The predicted octanol–water partition coefficient (Wildman–Crippen LogP) is 11.3. The summed E-state index contributed by atoms with van der Waals surface area (Å²) in [5.41, 5.74) is 16.3. The van der Waals surface area contributed by atoms with Gasteiger partial charge < -0.3 is 9.73 Å². The molecule has 2 aliphatic carbocycles. The fourth-order valence-corrected chi connectivity index (χ4v) is 8.20. The Morgan fingerprint density at radius 1 is 0.422 bits per heavy atom. The van der Waals surface area contributed by atoms with Crippen molar-refractivity contribution >= 4 is 33.3 Å². The molecule has 0 saturated carbocycles. The lowest BCUT2D eigenvalue weighted by atomic mass is 9.70. The van der Waals surface area contributed by atoms with E-state index >= 15 is 0 Å². The lowest BCUT2D eigenvalue weighted by Gasteiger charge is -2.30. The van der Waals surface area contributed by atoms with Crippen LogP contribution in [0.15, 0.2) is 162 Å². The van der Waals surface area contributed by atoms with Gasteiger partial charge in [-0.15, -0.1) is 0 Å². The van der Waals surface area contributed by atoms with Crippen molar-refractivity contribution in [2.75, 3.05) is 5.32 Å². The molecule has 1 aromatic heterocycles. The van der Waals surface area contributed by atoms with Crippen LogP contribution in [0, 0.1) is 0 Å². The maximum atomic E-state index is 6.63. The van der Waals surface area contributed by atoms with Crippen LogP contribution in [-0.4, -0.2) is 0 Å². The van der Waals surface area contributed by atoms with Crippen LogP contribution in [0.3, 0.4) is 0 Å². The van der Waals surface area contributed by atoms with Crippen molar-refractivity contribution < 1.29 is 4.42 Å². The molecule has 0 aliphatic heterocycles. The summed E-state index contributed by atoms with van der Waals surface area (Å²) >= 11 is 0. The first-order chi connectivity index (χ1) is 22.3. The first-order valence-corrected chi connectivity index (χ1v) is 15.5. The number of nitrogens with one attached hydrogen (secondary N) is 1. The van der Waals surface area contributed by atoms with Crippen LogP contribution in [0.4, 0.5) is 11.4 Å². The first-order valence-electron chi connectivity index (χ1n) is 15.5. The maximum Gasteiger partial charge on any atom is 0.158 e. The maximum absolute atomic E-state index is 6.63. The molecule has 0 bridgehead atoms. The van der Waals surface area contributed by atoms with Gasteiger partial charge >= 0.3 is 0 Å². The fourth-order valence-electron chi connectivity index (χ4n) is 8.20. The Hall–Kier alpha value is -5.86. The van der Waals surface area contributed by atoms with Crippen LogP contribution in [0.25, 0.3) is 55.3 Å². The number of para-hydroxylation sites is 1. The van der Waals surface area contributed by atoms with E-state index in [4.69, 9.17) is 4.42 Å². The average molecular weight is 574 g/mol. The lowest BCUT2D eigenvalue weighted by molar-refractivity contribution is 0.670. The van der Waals surface area contributed by atoms with E-state index in [1.165, 1.54) is 55.6 Å². The van der Waals surface area contributed by atoms with E-state index in [9.17, 15) is 0 Å². The second-order valence-electron chi connectivity index (χ2n) is 12.1. The number of hydrogen-bond donors (Lipinski definition) is 1. The Morgan fingerprint density at radius 2 is 0.978 bits per heavy atom. The summed E-state index contributed by atoms with van der Waals surface area (Å²) in [5.74, 6) is 0. The van der Waals surface area contributed by atoms with Crippen molar-refractivity contribution in [2.45, 2.75) is 5.41 Å². The molecule has 0 amide bonds. The van der Waals surface area contributed by atoms with Gasteiger partial charge in [0, 0.05) is 22.0 Å². The smallest absolute Gasteiger partial charge is 0.158 e. The summed E-state index contributed by atoms with van der Waals surface area (Å²) in [6.45, 7) is 0. The van der Waals surface area contributed by atoms with Gasteiger partial charge in [0.2, 0.25) is 0 Å². The fraction of sp³-hybridized carbons (Fsp3) is 0.0233. The van der Waals surface area contributed by atoms with Crippen molar-refractivity contribution in [1.82, 2.24) is 0 Å². The Balaban J connectivity index is 1.20. The number of benzene rings is 7. The van der Waals surface area contributed by atoms with Gasteiger partial charge in [-0.2, -0.15) is 0 Å². The summed E-state index contributed by atoms with van der Waals surface area (Å²) in [6.07, 6.45) is 0. The highest BCUT2D eigenvalue weighted by Crippen LogP contribution is 2.63. The molecule has 45 heavy (non-hydrogen) atoms. The number of fused-ring (bicyclic) bond motifs is 13. The molecule has 0 saturated heterocycles. The van der Waals surface area contributed by atoms with E-state index in [-0.39, 0.29) is 5.41 Å². The SMILES string of the molecule is c1ccc(-c2cccc3oc4c(Nc5cccc6c5-c5ccccc5C65c6ccccc6-c6ccccc65)cccc4c23)cc1. The van der Waals surface area contributed by atoms with Gasteiger partial charge in [0.25, 0.3) is 0 Å². The third-order valence-corrected chi connectivity index (χ3v) is 9.90.